The highest BCUT2D eigenvalue weighted by Gasteiger charge is 2.36. The molecular weight excluding hydrogens is 307 g/mol. The summed E-state index contributed by atoms with van der Waals surface area (Å²) < 4.78 is 13.9. The molecular formula is C17H21FN6. The van der Waals surface area contributed by atoms with Crippen LogP contribution in [0.25, 0.3) is 0 Å². The molecule has 1 saturated heterocycles. The molecule has 2 aromatic rings. The second-order valence-electron chi connectivity index (χ2n) is 6.57. The molecule has 24 heavy (non-hydrogen) atoms. The average molecular weight is 328 g/mol. The molecule has 126 valence electrons. The summed E-state index contributed by atoms with van der Waals surface area (Å²) in [6.07, 6.45) is 8.68. The van der Waals surface area contributed by atoms with Gasteiger partial charge >= 0.3 is 0 Å². The van der Waals surface area contributed by atoms with E-state index in [9.17, 15) is 4.39 Å². The van der Waals surface area contributed by atoms with Gasteiger partial charge in [-0.25, -0.2) is 24.3 Å². The van der Waals surface area contributed by atoms with Gasteiger partial charge in [0.2, 0.25) is 0 Å². The minimum atomic E-state index is -0.346. The lowest BCUT2D eigenvalue weighted by atomic mass is 10.0. The van der Waals surface area contributed by atoms with E-state index in [-0.39, 0.29) is 5.82 Å². The van der Waals surface area contributed by atoms with Gasteiger partial charge < -0.3 is 9.80 Å². The number of aromatic nitrogens is 4. The van der Waals surface area contributed by atoms with Gasteiger partial charge in [-0.15, -0.1) is 0 Å². The summed E-state index contributed by atoms with van der Waals surface area (Å²) in [5, 5.41) is 0. The Hall–Kier alpha value is -2.31. The van der Waals surface area contributed by atoms with Crippen molar-refractivity contribution in [3.63, 3.8) is 0 Å². The summed E-state index contributed by atoms with van der Waals surface area (Å²) in [5.74, 6) is 1.09. The molecule has 0 radical (unpaired) electrons. The Bertz CT molecular complexity index is 712. The van der Waals surface area contributed by atoms with E-state index in [0.29, 0.717) is 17.9 Å². The lowest BCUT2D eigenvalue weighted by molar-refractivity contribution is 0.452. The van der Waals surface area contributed by atoms with Gasteiger partial charge in [-0.05, 0) is 32.6 Å². The molecule has 2 aromatic heterocycles. The molecule has 2 fully saturated rings. The number of halogens is 1. The van der Waals surface area contributed by atoms with Crippen molar-refractivity contribution in [2.45, 2.75) is 44.7 Å². The molecule has 0 N–H and O–H groups in total. The Morgan fingerprint density at radius 1 is 1.04 bits per heavy atom. The number of rotatable bonds is 4. The highest BCUT2D eigenvalue weighted by Crippen LogP contribution is 2.35. The van der Waals surface area contributed by atoms with Gasteiger partial charge in [-0.3, -0.25) is 0 Å². The van der Waals surface area contributed by atoms with E-state index in [0.717, 1.165) is 37.4 Å². The number of hydrogen-bond acceptors (Lipinski definition) is 6. The zero-order valence-electron chi connectivity index (χ0n) is 13.8. The van der Waals surface area contributed by atoms with E-state index in [4.69, 9.17) is 0 Å². The molecule has 6 nitrogen and oxygen atoms in total. The first-order valence-electron chi connectivity index (χ1n) is 8.50. The van der Waals surface area contributed by atoms with E-state index in [1.165, 1.54) is 25.4 Å². The second-order valence-corrected chi connectivity index (χ2v) is 6.57. The van der Waals surface area contributed by atoms with Crippen LogP contribution < -0.4 is 9.80 Å². The molecule has 0 spiro atoms. The van der Waals surface area contributed by atoms with Crippen molar-refractivity contribution in [2.24, 2.45) is 0 Å². The molecule has 2 aliphatic rings. The third-order valence-electron chi connectivity index (χ3n) is 4.80. The van der Waals surface area contributed by atoms with Crippen LogP contribution in [-0.2, 0) is 0 Å². The number of piperidine rings is 1. The highest BCUT2D eigenvalue weighted by atomic mass is 19.1. The summed E-state index contributed by atoms with van der Waals surface area (Å²) >= 11 is 0. The van der Waals surface area contributed by atoms with Crippen molar-refractivity contribution < 1.29 is 4.39 Å². The van der Waals surface area contributed by atoms with Crippen LogP contribution in [-0.4, -0.2) is 45.1 Å². The molecule has 1 saturated carbocycles. The van der Waals surface area contributed by atoms with Crippen LogP contribution in [0.2, 0.25) is 0 Å². The van der Waals surface area contributed by atoms with Crippen LogP contribution in [0.1, 0.15) is 31.4 Å². The summed E-state index contributed by atoms with van der Waals surface area (Å²) in [4.78, 5) is 21.0. The van der Waals surface area contributed by atoms with Gasteiger partial charge in [0, 0.05) is 36.9 Å². The largest absolute Gasteiger partial charge is 0.354 e. The van der Waals surface area contributed by atoms with Gasteiger partial charge in [0.1, 0.15) is 18.5 Å². The number of hydrogen-bond donors (Lipinski definition) is 0. The molecule has 0 unspecified atom stereocenters. The topological polar surface area (TPSA) is 58.0 Å². The predicted molar refractivity (Wildman–Crippen MR) is 89.5 cm³/mol. The van der Waals surface area contributed by atoms with E-state index >= 15 is 0 Å². The Morgan fingerprint density at radius 2 is 1.79 bits per heavy atom. The van der Waals surface area contributed by atoms with Crippen LogP contribution in [0.5, 0.6) is 0 Å². The minimum Gasteiger partial charge on any atom is -0.354 e. The molecule has 0 bridgehead atoms. The van der Waals surface area contributed by atoms with E-state index in [1.54, 1.807) is 6.33 Å². The Kier molecular flexibility index (Phi) is 4.00. The Labute approximate surface area is 140 Å². The van der Waals surface area contributed by atoms with Gasteiger partial charge in [0.15, 0.2) is 11.6 Å². The molecule has 7 heteroatoms. The third-order valence-corrected chi connectivity index (χ3v) is 4.80. The van der Waals surface area contributed by atoms with Crippen molar-refractivity contribution in [3.8, 4) is 0 Å². The zero-order valence-corrected chi connectivity index (χ0v) is 13.8. The number of aryl methyl sites for hydroxylation is 1. The normalized spacial score (nSPS) is 18.7. The van der Waals surface area contributed by atoms with E-state index in [1.807, 2.05) is 11.8 Å². The number of nitrogens with zero attached hydrogens (tertiary/aromatic N) is 6. The van der Waals surface area contributed by atoms with Crippen LogP contribution in [0.3, 0.4) is 0 Å². The highest BCUT2D eigenvalue weighted by molar-refractivity contribution is 5.45. The van der Waals surface area contributed by atoms with Crippen molar-refractivity contribution >= 4 is 11.6 Å². The SMILES string of the molecule is Cc1cc(N(C2CC2)C2CCN(c3ncncc3F)CC2)ncn1. The first-order chi connectivity index (χ1) is 11.7. The maximum atomic E-state index is 13.9. The molecule has 3 heterocycles. The molecule has 0 atom stereocenters. The maximum Gasteiger partial charge on any atom is 0.183 e. The summed E-state index contributed by atoms with van der Waals surface area (Å²) in [6, 6.07) is 3.09. The fraction of sp³-hybridized carbons (Fsp3) is 0.529. The van der Waals surface area contributed by atoms with Crippen LogP contribution in [0, 0.1) is 12.7 Å². The first-order valence-corrected chi connectivity index (χ1v) is 8.50. The summed E-state index contributed by atoms with van der Waals surface area (Å²) in [6.45, 7) is 3.59. The molecule has 1 aliphatic carbocycles. The maximum absolute atomic E-state index is 13.9. The van der Waals surface area contributed by atoms with Gasteiger partial charge in [0.25, 0.3) is 0 Å². The Morgan fingerprint density at radius 3 is 2.46 bits per heavy atom. The molecule has 4 rings (SSSR count). The van der Waals surface area contributed by atoms with E-state index < -0.39 is 0 Å². The smallest absolute Gasteiger partial charge is 0.183 e. The van der Waals surface area contributed by atoms with Crippen LogP contribution >= 0.6 is 0 Å². The van der Waals surface area contributed by atoms with Crippen LogP contribution in [0.15, 0.2) is 24.9 Å². The number of anilines is 2. The fourth-order valence-electron chi connectivity index (χ4n) is 3.50. The van der Waals surface area contributed by atoms with Gasteiger partial charge in [-0.2, -0.15) is 0 Å². The zero-order chi connectivity index (χ0) is 16.5. The standard InChI is InChI=1S/C17H21FN6/c1-12-8-16(21-11-20-12)24(13-2-3-13)14-4-6-23(7-5-14)17-15(18)9-19-10-22-17/h8-11,13-14H,2-7H2,1H3. The monoisotopic (exact) mass is 328 g/mol. The van der Waals surface area contributed by atoms with E-state index in [2.05, 4.69) is 30.9 Å². The second kappa shape index (κ2) is 6.30. The Balaban J connectivity index is 1.49. The summed E-state index contributed by atoms with van der Waals surface area (Å²) in [5.41, 5.74) is 0.992. The van der Waals surface area contributed by atoms with Crippen molar-refractivity contribution in [1.29, 1.82) is 0 Å². The van der Waals surface area contributed by atoms with Gasteiger partial charge in [0.05, 0.1) is 6.20 Å². The quantitative estimate of drug-likeness (QED) is 0.859. The van der Waals surface area contributed by atoms with Crippen molar-refractivity contribution in [2.75, 3.05) is 22.9 Å². The third kappa shape index (κ3) is 3.02. The fourth-order valence-corrected chi connectivity index (χ4v) is 3.50. The van der Waals surface area contributed by atoms with Gasteiger partial charge in [-0.1, -0.05) is 0 Å². The molecule has 1 aliphatic heterocycles. The molecule has 0 aromatic carbocycles. The lowest BCUT2D eigenvalue weighted by Crippen LogP contribution is -2.47. The first kappa shape index (κ1) is 15.2. The average Bonchev–Trinajstić information content (AvgIpc) is 3.41. The predicted octanol–water partition coefficient (Wildman–Crippen LogP) is 2.35. The van der Waals surface area contributed by atoms with Crippen LogP contribution in [0.4, 0.5) is 16.0 Å². The summed E-state index contributed by atoms with van der Waals surface area (Å²) in [7, 11) is 0. The van der Waals surface area contributed by atoms with Crippen molar-refractivity contribution in [1.82, 2.24) is 19.9 Å². The minimum absolute atomic E-state index is 0.346. The lowest BCUT2D eigenvalue weighted by Gasteiger charge is -2.39. The molecule has 0 amide bonds. The van der Waals surface area contributed by atoms with Crippen molar-refractivity contribution in [3.05, 3.63) is 36.4 Å².